The van der Waals surface area contributed by atoms with Gasteiger partial charge in [0.15, 0.2) is 0 Å². The quantitative estimate of drug-likeness (QED) is 0.811. The molecule has 0 aliphatic heterocycles. The van der Waals surface area contributed by atoms with Crippen molar-refractivity contribution in [3.8, 4) is 0 Å². The Bertz CT molecular complexity index is 827. The summed E-state index contributed by atoms with van der Waals surface area (Å²) in [7, 11) is 0. The molecule has 2 aromatic rings. The molecule has 0 unspecified atom stereocenters. The van der Waals surface area contributed by atoms with Crippen molar-refractivity contribution in [2.45, 2.75) is 38.9 Å². The molecule has 4 nitrogen and oxygen atoms in total. The number of hydrogen-bond acceptors (Lipinski definition) is 2. The molecule has 0 saturated carbocycles. The first-order valence-electron chi connectivity index (χ1n) is 8.38. The number of halogens is 3. The van der Waals surface area contributed by atoms with Crippen LogP contribution in [0.25, 0.3) is 0 Å². The Balaban J connectivity index is 2.11. The predicted molar refractivity (Wildman–Crippen MR) is 95.9 cm³/mol. The highest BCUT2D eigenvalue weighted by atomic mass is 19.4. The highest BCUT2D eigenvalue weighted by Gasteiger charge is 2.30. The van der Waals surface area contributed by atoms with Gasteiger partial charge in [0.05, 0.1) is 12.0 Å². The van der Waals surface area contributed by atoms with Gasteiger partial charge in [-0.25, -0.2) is 0 Å². The van der Waals surface area contributed by atoms with Crippen LogP contribution in [-0.2, 0) is 28.6 Å². The fourth-order valence-corrected chi connectivity index (χ4v) is 2.89. The summed E-state index contributed by atoms with van der Waals surface area (Å²) in [5, 5.41) is 2.53. The minimum absolute atomic E-state index is 0.206. The molecule has 0 aromatic heterocycles. The van der Waals surface area contributed by atoms with Crippen LogP contribution in [0, 0.1) is 13.8 Å². The number of benzene rings is 2. The largest absolute Gasteiger partial charge is 0.416 e. The third kappa shape index (κ3) is 5.57. The van der Waals surface area contributed by atoms with E-state index in [-0.39, 0.29) is 18.4 Å². The third-order valence-electron chi connectivity index (χ3n) is 4.35. The summed E-state index contributed by atoms with van der Waals surface area (Å²) < 4.78 is 38.3. The summed E-state index contributed by atoms with van der Waals surface area (Å²) in [6.45, 7) is 3.79. The molecule has 7 heteroatoms. The van der Waals surface area contributed by atoms with Gasteiger partial charge >= 0.3 is 6.18 Å². The van der Waals surface area contributed by atoms with Crippen molar-refractivity contribution in [2.24, 2.45) is 5.73 Å². The van der Waals surface area contributed by atoms with Gasteiger partial charge in [-0.2, -0.15) is 13.2 Å². The van der Waals surface area contributed by atoms with Crippen molar-refractivity contribution in [3.63, 3.8) is 0 Å². The molecule has 2 amide bonds. The molecule has 0 spiro atoms. The topological polar surface area (TPSA) is 72.2 Å². The van der Waals surface area contributed by atoms with E-state index in [1.165, 1.54) is 12.1 Å². The Morgan fingerprint density at radius 1 is 1.07 bits per heavy atom. The number of amides is 2. The molecule has 0 bridgehead atoms. The fourth-order valence-electron chi connectivity index (χ4n) is 2.89. The zero-order chi connectivity index (χ0) is 20.2. The lowest BCUT2D eigenvalue weighted by Crippen LogP contribution is -2.46. The molecule has 1 atom stereocenters. The Kier molecular flexibility index (Phi) is 6.25. The summed E-state index contributed by atoms with van der Waals surface area (Å²) in [6, 6.07) is 9.27. The maximum absolute atomic E-state index is 12.8. The zero-order valence-corrected chi connectivity index (χ0v) is 15.1. The van der Waals surface area contributed by atoms with Crippen LogP contribution in [0.15, 0.2) is 42.5 Å². The Hall–Kier alpha value is -2.83. The Morgan fingerprint density at radius 3 is 2.22 bits per heavy atom. The average Bonchev–Trinajstić information content (AvgIpc) is 2.56. The molecule has 0 aliphatic carbocycles. The molecule has 0 radical (unpaired) electrons. The summed E-state index contributed by atoms with van der Waals surface area (Å²) >= 11 is 0. The van der Waals surface area contributed by atoms with E-state index in [9.17, 15) is 22.8 Å². The van der Waals surface area contributed by atoms with Crippen molar-refractivity contribution in [3.05, 3.63) is 70.3 Å². The number of primary amides is 1. The normalized spacial score (nSPS) is 12.5. The summed E-state index contributed by atoms with van der Waals surface area (Å²) in [6.07, 6.45) is -4.53. The van der Waals surface area contributed by atoms with Crippen molar-refractivity contribution < 1.29 is 22.8 Å². The second-order valence-electron chi connectivity index (χ2n) is 6.47. The number of aryl methyl sites for hydroxylation is 2. The van der Waals surface area contributed by atoms with E-state index in [4.69, 9.17) is 5.73 Å². The van der Waals surface area contributed by atoms with E-state index in [0.29, 0.717) is 0 Å². The molecule has 0 fully saturated rings. The maximum Gasteiger partial charge on any atom is 0.416 e. The standard InChI is InChI=1S/C20H21F3N2O2/c1-12-5-3-6-13(2)16(12)11-17(19(24)27)25-18(26)10-14-7-4-8-15(9-14)20(21,22)23/h3-9,17H,10-11H2,1-2H3,(H2,24,27)(H,25,26)/t17-/m1/s1. The minimum atomic E-state index is -4.48. The smallest absolute Gasteiger partial charge is 0.368 e. The second kappa shape index (κ2) is 8.24. The predicted octanol–water partition coefficient (Wildman–Crippen LogP) is 3.08. The third-order valence-corrected chi connectivity index (χ3v) is 4.35. The number of carbonyl (C=O) groups excluding carboxylic acids is 2. The van der Waals surface area contributed by atoms with Crippen molar-refractivity contribution >= 4 is 11.8 Å². The molecule has 144 valence electrons. The maximum atomic E-state index is 12.8. The molecular formula is C20H21F3N2O2. The van der Waals surface area contributed by atoms with E-state index in [1.807, 2.05) is 32.0 Å². The van der Waals surface area contributed by atoms with Crippen LogP contribution in [0.2, 0.25) is 0 Å². The van der Waals surface area contributed by atoms with Gasteiger partial charge in [-0.05, 0) is 42.2 Å². The van der Waals surface area contributed by atoms with Gasteiger partial charge in [-0.3, -0.25) is 9.59 Å². The molecule has 0 aliphatic rings. The van der Waals surface area contributed by atoms with Gasteiger partial charge in [0.1, 0.15) is 6.04 Å². The van der Waals surface area contributed by atoms with Crippen LogP contribution in [0.3, 0.4) is 0 Å². The number of nitrogens with one attached hydrogen (secondary N) is 1. The number of hydrogen-bond donors (Lipinski definition) is 2. The zero-order valence-electron chi connectivity index (χ0n) is 15.1. The molecule has 2 rings (SSSR count). The summed E-state index contributed by atoms with van der Waals surface area (Å²) in [4.78, 5) is 24.0. The van der Waals surface area contributed by atoms with E-state index in [1.54, 1.807) is 0 Å². The van der Waals surface area contributed by atoms with E-state index >= 15 is 0 Å². The van der Waals surface area contributed by atoms with Crippen molar-refractivity contribution in [2.75, 3.05) is 0 Å². The number of alkyl halides is 3. The first-order valence-corrected chi connectivity index (χ1v) is 8.38. The number of rotatable bonds is 6. The Morgan fingerprint density at radius 2 is 1.67 bits per heavy atom. The van der Waals surface area contributed by atoms with Gasteiger partial charge in [-0.15, -0.1) is 0 Å². The number of nitrogens with two attached hydrogens (primary N) is 1. The minimum Gasteiger partial charge on any atom is -0.368 e. The van der Waals surface area contributed by atoms with E-state index in [2.05, 4.69) is 5.32 Å². The average molecular weight is 378 g/mol. The first-order chi connectivity index (χ1) is 12.6. The van der Waals surface area contributed by atoms with Crippen LogP contribution >= 0.6 is 0 Å². The monoisotopic (exact) mass is 378 g/mol. The van der Waals surface area contributed by atoms with Gasteiger partial charge in [0.2, 0.25) is 11.8 Å². The molecule has 2 aromatic carbocycles. The van der Waals surface area contributed by atoms with Gasteiger partial charge in [0.25, 0.3) is 0 Å². The molecule has 27 heavy (non-hydrogen) atoms. The van der Waals surface area contributed by atoms with Crippen LogP contribution in [0.4, 0.5) is 13.2 Å². The first kappa shape index (κ1) is 20.5. The van der Waals surface area contributed by atoms with Gasteiger partial charge in [-0.1, -0.05) is 36.4 Å². The Labute approximate surface area is 155 Å². The lowest BCUT2D eigenvalue weighted by atomic mass is 9.96. The van der Waals surface area contributed by atoms with E-state index in [0.717, 1.165) is 28.8 Å². The molecule has 0 heterocycles. The van der Waals surface area contributed by atoms with Crippen molar-refractivity contribution in [1.82, 2.24) is 5.32 Å². The highest BCUT2D eigenvalue weighted by Crippen LogP contribution is 2.29. The highest BCUT2D eigenvalue weighted by molar-refractivity contribution is 5.87. The van der Waals surface area contributed by atoms with Crippen LogP contribution < -0.4 is 11.1 Å². The summed E-state index contributed by atoms with van der Waals surface area (Å²) in [5.41, 5.74) is 7.62. The van der Waals surface area contributed by atoms with Crippen LogP contribution in [0.1, 0.15) is 27.8 Å². The second-order valence-corrected chi connectivity index (χ2v) is 6.47. The van der Waals surface area contributed by atoms with Crippen LogP contribution in [-0.4, -0.2) is 17.9 Å². The number of carbonyl (C=O) groups is 2. The van der Waals surface area contributed by atoms with Gasteiger partial charge in [0, 0.05) is 6.42 Å². The van der Waals surface area contributed by atoms with Crippen molar-refractivity contribution in [1.29, 1.82) is 0 Å². The molecule has 3 N–H and O–H groups in total. The lowest BCUT2D eigenvalue weighted by molar-refractivity contribution is -0.137. The van der Waals surface area contributed by atoms with E-state index < -0.39 is 29.6 Å². The molecule has 0 saturated heterocycles. The fraction of sp³-hybridized carbons (Fsp3) is 0.300. The SMILES string of the molecule is Cc1cccc(C)c1C[C@@H](NC(=O)Cc1cccc(C(F)(F)F)c1)C(N)=O. The van der Waals surface area contributed by atoms with Crippen LogP contribution in [0.5, 0.6) is 0 Å². The molecular weight excluding hydrogens is 357 g/mol. The summed E-state index contributed by atoms with van der Waals surface area (Å²) in [5.74, 6) is -1.26. The lowest BCUT2D eigenvalue weighted by Gasteiger charge is -2.18. The van der Waals surface area contributed by atoms with Gasteiger partial charge < -0.3 is 11.1 Å².